The fraction of sp³-hybridized carbons (Fsp3) is 0.174. The lowest BCUT2D eigenvalue weighted by atomic mass is 10.1. The third-order valence-corrected chi connectivity index (χ3v) is 5.45. The van der Waals surface area contributed by atoms with Crippen molar-refractivity contribution >= 4 is 23.2 Å². The molecule has 4 nitrogen and oxygen atoms in total. The van der Waals surface area contributed by atoms with Crippen LogP contribution in [0.25, 0.3) is 0 Å². The molecule has 3 aromatic carbocycles. The molecule has 0 bridgehead atoms. The highest BCUT2D eigenvalue weighted by molar-refractivity contribution is 6.32. The van der Waals surface area contributed by atoms with Crippen LogP contribution in [0.1, 0.15) is 40.6 Å². The average molecular weight is 393 g/mol. The molecule has 0 aliphatic carbocycles. The molecule has 0 spiro atoms. The van der Waals surface area contributed by atoms with Gasteiger partial charge in [0.2, 0.25) is 0 Å². The van der Waals surface area contributed by atoms with Gasteiger partial charge in [0, 0.05) is 16.8 Å². The van der Waals surface area contributed by atoms with E-state index >= 15 is 0 Å². The predicted octanol–water partition coefficient (Wildman–Crippen LogP) is 5.68. The highest BCUT2D eigenvalue weighted by Gasteiger charge is 2.39. The summed E-state index contributed by atoms with van der Waals surface area (Å²) >= 11 is 6.29. The van der Waals surface area contributed by atoms with Crippen LogP contribution in [-0.2, 0) is 0 Å². The molecule has 5 heteroatoms. The summed E-state index contributed by atoms with van der Waals surface area (Å²) in [4.78, 5) is 15.1. The van der Waals surface area contributed by atoms with Crippen LogP contribution >= 0.6 is 11.6 Å². The quantitative estimate of drug-likeness (QED) is 0.607. The van der Waals surface area contributed by atoms with E-state index in [1.54, 1.807) is 7.11 Å². The van der Waals surface area contributed by atoms with Crippen LogP contribution in [0.15, 0.2) is 72.8 Å². The zero-order chi connectivity index (χ0) is 19.7. The summed E-state index contributed by atoms with van der Waals surface area (Å²) in [6, 6.07) is 23.2. The summed E-state index contributed by atoms with van der Waals surface area (Å²) < 4.78 is 5.24. The van der Waals surface area contributed by atoms with Crippen LogP contribution in [0.4, 0.5) is 5.69 Å². The Labute approximate surface area is 169 Å². The number of methoxy groups -OCH3 is 1. The number of carbonyl (C=O) groups is 1. The van der Waals surface area contributed by atoms with E-state index in [9.17, 15) is 4.79 Å². The van der Waals surface area contributed by atoms with Gasteiger partial charge >= 0.3 is 0 Å². The Bertz CT molecular complexity index is 1010. The van der Waals surface area contributed by atoms with Crippen LogP contribution in [0.5, 0.6) is 5.75 Å². The average Bonchev–Trinajstić information content (AvgIpc) is 3.00. The highest BCUT2D eigenvalue weighted by Crippen LogP contribution is 2.40. The Morgan fingerprint density at radius 3 is 2.46 bits per heavy atom. The van der Waals surface area contributed by atoms with Crippen LogP contribution in [0, 0.1) is 0 Å². The molecular formula is C23H21ClN2O2. The fourth-order valence-corrected chi connectivity index (χ4v) is 3.95. The molecule has 0 aromatic heterocycles. The summed E-state index contributed by atoms with van der Waals surface area (Å²) in [5.74, 6) is 0.633. The van der Waals surface area contributed by atoms with Gasteiger partial charge in [-0.15, -0.1) is 0 Å². The molecule has 0 radical (unpaired) electrons. The zero-order valence-corrected chi connectivity index (χ0v) is 16.5. The van der Waals surface area contributed by atoms with Gasteiger partial charge in [-0.05, 0) is 36.8 Å². The first kappa shape index (κ1) is 18.4. The molecule has 0 saturated heterocycles. The van der Waals surface area contributed by atoms with Crippen molar-refractivity contribution in [3.05, 3.63) is 94.5 Å². The third kappa shape index (κ3) is 3.20. The van der Waals surface area contributed by atoms with Gasteiger partial charge in [-0.1, -0.05) is 60.1 Å². The molecule has 0 saturated carbocycles. The van der Waals surface area contributed by atoms with Gasteiger partial charge in [-0.2, -0.15) is 0 Å². The topological polar surface area (TPSA) is 41.6 Å². The summed E-state index contributed by atoms with van der Waals surface area (Å²) in [6.07, 6.45) is -0.289. The molecule has 1 amide bonds. The minimum atomic E-state index is -0.289. The fourth-order valence-electron chi connectivity index (χ4n) is 3.69. The second-order valence-corrected chi connectivity index (χ2v) is 7.19. The summed E-state index contributed by atoms with van der Waals surface area (Å²) in [7, 11) is 1.59. The standard InChI is InChI=1S/C23H21ClN2O2/c1-15(16-8-4-3-5-9-16)26-22(18-10-6-7-11-19(18)23(26)27)25-17-12-13-21(28-2)20(24)14-17/h3-15,22,25H,1-2H3. The maximum atomic E-state index is 13.2. The molecule has 1 aliphatic heterocycles. The lowest BCUT2D eigenvalue weighted by Crippen LogP contribution is -2.34. The number of benzene rings is 3. The van der Waals surface area contributed by atoms with E-state index < -0.39 is 0 Å². The van der Waals surface area contributed by atoms with Gasteiger partial charge in [-0.3, -0.25) is 4.79 Å². The number of fused-ring (bicyclic) bond motifs is 1. The van der Waals surface area contributed by atoms with Crippen molar-refractivity contribution in [1.82, 2.24) is 4.90 Å². The Hall–Kier alpha value is -2.98. The van der Waals surface area contributed by atoms with E-state index in [0.29, 0.717) is 10.8 Å². The lowest BCUT2D eigenvalue weighted by molar-refractivity contribution is 0.0667. The van der Waals surface area contributed by atoms with E-state index in [1.807, 2.05) is 77.7 Å². The van der Waals surface area contributed by atoms with Crippen molar-refractivity contribution in [1.29, 1.82) is 0 Å². The minimum Gasteiger partial charge on any atom is -0.495 e. The molecular weight excluding hydrogens is 372 g/mol. The highest BCUT2D eigenvalue weighted by atomic mass is 35.5. The molecule has 28 heavy (non-hydrogen) atoms. The monoisotopic (exact) mass is 392 g/mol. The number of rotatable bonds is 5. The minimum absolute atomic E-state index is 0.0176. The van der Waals surface area contributed by atoms with Crippen molar-refractivity contribution in [3.8, 4) is 5.75 Å². The zero-order valence-electron chi connectivity index (χ0n) is 15.7. The van der Waals surface area contributed by atoms with Gasteiger partial charge in [0.1, 0.15) is 11.9 Å². The molecule has 1 aliphatic rings. The van der Waals surface area contributed by atoms with Crippen LogP contribution in [0.3, 0.4) is 0 Å². The second kappa shape index (κ2) is 7.56. The molecule has 1 N–H and O–H groups in total. The van der Waals surface area contributed by atoms with Gasteiger partial charge in [0.05, 0.1) is 18.2 Å². The smallest absolute Gasteiger partial charge is 0.256 e. The molecule has 0 fully saturated rings. The first-order valence-electron chi connectivity index (χ1n) is 9.16. The predicted molar refractivity (Wildman–Crippen MR) is 112 cm³/mol. The number of hydrogen-bond acceptors (Lipinski definition) is 3. The van der Waals surface area contributed by atoms with Gasteiger partial charge < -0.3 is 15.0 Å². The van der Waals surface area contributed by atoms with Crippen LogP contribution in [-0.4, -0.2) is 17.9 Å². The SMILES string of the molecule is COc1ccc(NC2c3ccccc3C(=O)N2C(C)c2ccccc2)cc1Cl. The first-order valence-corrected chi connectivity index (χ1v) is 9.54. The maximum absolute atomic E-state index is 13.2. The molecule has 2 atom stereocenters. The summed E-state index contributed by atoms with van der Waals surface area (Å²) in [6.45, 7) is 2.05. The summed E-state index contributed by atoms with van der Waals surface area (Å²) in [5, 5.41) is 4.01. The second-order valence-electron chi connectivity index (χ2n) is 6.78. The number of amides is 1. The number of nitrogens with one attached hydrogen (secondary N) is 1. The van der Waals surface area contributed by atoms with E-state index in [-0.39, 0.29) is 18.1 Å². The Morgan fingerprint density at radius 2 is 1.75 bits per heavy atom. The molecule has 142 valence electrons. The van der Waals surface area contributed by atoms with Gasteiger partial charge in [0.25, 0.3) is 5.91 Å². The first-order chi connectivity index (χ1) is 13.6. The number of halogens is 1. The normalized spacial score (nSPS) is 16.6. The number of ether oxygens (including phenoxy) is 1. The number of carbonyl (C=O) groups excluding carboxylic acids is 1. The molecule has 2 unspecified atom stereocenters. The van der Waals surface area contributed by atoms with E-state index in [1.165, 1.54) is 0 Å². The molecule has 3 aromatic rings. The number of anilines is 1. The van der Waals surface area contributed by atoms with Crippen LogP contribution in [0.2, 0.25) is 5.02 Å². The maximum Gasteiger partial charge on any atom is 0.256 e. The third-order valence-electron chi connectivity index (χ3n) is 5.15. The lowest BCUT2D eigenvalue weighted by Gasteiger charge is -2.32. The number of hydrogen-bond donors (Lipinski definition) is 1. The van der Waals surface area contributed by atoms with Crippen molar-refractivity contribution in [2.24, 2.45) is 0 Å². The Balaban J connectivity index is 1.72. The van der Waals surface area contributed by atoms with E-state index in [2.05, 4.69) is 12.2 Å². The van der Waals surface area contributed by atoms with Crippen molar-refractivity contribution in [2.75, 3.05) is 12.4 Å². The van der Waals surface area contributed by atoms with Crippen molar-refractivity contribution in [2.45, 2.75) is 19.1 Å². The molecule has 1 heterocycles. The van der Waals surface area contributed by atoms with Gasteiger partial charge in [-0.25, -0.2) is 0 Å². The summed E-state index contributed by atoms with van der Waals surface area (Å²) in [5.41, 5.74) is 3.60. The van der Waals surface area contributed by atoms with Gasteiger partial charge in [0.15, 0.2) is 0 Å². The number of nitrogens with zero attached hydrogens (tertiary/aromatic N) is 1. The molecule has 4 rings (SSSR count). The Morgan fingerprint density at radius 1 is 1.04 bits per heavy atom. The van der Waals surface area contributed by atoms with Crippen molar-refractivity contribution in [3.63, 3.8) is 0 Å². The van der Waals surface area contributed by atoms with Crippen molar-refractivity contribution < 1.29 is 9.53 Å². The van der Waals surface area contributed by atoms with E-state index in [4.69, 9.17) is 16.3 Å². The largest absolute Gasteiger partial charge is 0.495 e. The van der Waals surface area contributed by atoms with E-state index in [0.717, 1.165) is 22.4 Å². The Kier molecular flexibility index (Phi) is 4.97. The van der Waals surface area contributed by atoms with Crippen LogP contribution < -0.4 is 10.1 Å².